The number of aliphatic hydroxyl groups excluding tert-OH is 4. The second-order valence-corrected chi connectivity index (χ2v) is 17.8. The molecule has 0 aromatic heterocycles. The summed E-state index contributed by atoms with van der Waals surface area (Å²) in [5.41, 5.74) is -0.456. The van der Waals surface area contributed by atoms with Gasteiger partial charge in [0.15, 0.2) is 12.1 Å². The van der Waals surface area contributed by atoms with Crippen LogP contribution in [0.3, 0.4) is 0 Å². The van der Waals surface area contributed by atoms with E-state index in [2.05, 4.69) is 40.7 Å². The number of ether oxygens (including phenoxy) is 4. The Bertz CT molecular complexity index is 1260. The standard InChI is InChI=1S/C35H54O9/c1-17-14-19-26(30(4,5)40)44-35(43-19)25(17)31(6)12-13-34-16-33(34)11-10-22(42-27-24(38)23(37)18(36)15-41-27)29(2,3)20(33)8-9-21(34)32(31,7)28(35)39/h9,17-20,22-28,36-40H,8,10-16H2,1-7H3/t17-,18-,19+,20-,22+,23+,24-,25-,26+,27+,28-,31-,32-,33-,34+,35+/m1/s1. The molecule has 3 spiro atoms. The lowest BCUT2D eigenvalue weighted by Gasteiger charge is -2.60. The molecule has 248 valence electrons. The van der Waals surface area contributed by atoms with E-state index in [4.69, 9.17) is 18.9 Å². The van der Waals surface area contributed by atoms with Crippen molar-refractivity contribution in [2.75, 3.05) is 6.61 Å². The van der Waals surface area contributed by atoms with E-state index in [1.165, 1.54) is 5.57 Å². The van der Waals surface area contributed by atoms with Gasteiger partial charge < -0.3 is 44.5 Å². The van der Waals surface area contributed by atoms with Crippen LogP contribution in [0.1, 0.15) is 93.4 Å². The molecule has 0 amide bonds. The van der Waals surface area contributed by atoms with Crippen molar-refractivity contribution in [3.63, 3.8) is 0 Å². The fourth-order valence-electron chi connectivity index (χ4n) is 13.1. The lowest BCUT2D eigenvalue weighted by Crippen LogP contribution is -2.58. The highest BCUT2D eigenvalue weighted by Gasteiger charge is 2.86. The Morgan fingerprint density at radius 3 is 2.41 bits per heavy atom. The van der Waals surface area contributed by atoms with Crippen molar-refractivity contribution >= 4 is 0 Å². The molecule has 0 unspecified atom stereocenters. The number of rotatable bonds is 3. The quantitative estimate of drug-likeness (QED) is 0.302. The normalized spacial score (nSPS) is 60.4. The smallest absolute Gasteiger partial charge is 0.199 e. The molecule has 9 nitrogen and oxygen atoms in total. The van der Waals surface area contributed by atoms with Crippen LogP contribution in [0, 0.1) is 44.8 Å². The van der Waals surface area contributed by atoms with E-state index in [-0.39, 0.29) is 46.4 Å². The van der Waals surface area contributed by atoms with Crippen molar-refractivity contribution in [3.05, 3.63) is 11.6 Å². The van der Waals surface area contributed by atoms with Crippen LogP contribution in [0.25, 0.3) is 0 Å². The van der Waals surface area contributed by atoms with Gasteiger partial charge >= 0.3 is 0 Å². The van der Waals surface area contributed by atoms with Crippen LogP contribution in [-0.2, 0) is 18.9 Å². The van der Waals surface area contributed by atoms with Crippen LogP contribution in [0.5, 0.6) is 0 Å². The van der Waals surface area contributed by atoms with Gasteiger partial charge in [-0.1, -0.05) is 46.3 Å². The van der Waals surface area contributed by atoms with Gasteiger partial charge in [0.1, 0.15) is 30.5 Å². The lowest BCUT2D eigenvalue weighted by atomic mass is 9.44. The van der Waals surface area contributed by atoms with E-state index < -0.39 is 53.6 Å². The van der Waals surface area contributed by atoms with Crippen molar-refractivity contribution in [1.29, 1.82) is 0 Å². The molecule has 0 aromatic rings. The van der Waals surface area contributed by atoms with Crippen molar-refractivity contribution in [2.45, 2.75) is 154 Å². The predicted octanol–water partition coefficient (Wildman–Crippen LogP) is 3.04. The van der Waals surface area contributed by atoms with E-state index >= 15 is 0 Å². The lowest BCUT2D eigenvalue weighted by molar-refractivity contribution is -0.300. The summed E-state index contributed by atoms with van der Waals surface area (Å²) >= 11 is 0. The first-order valence-electron chi connectivity index (χ1n) is 17.2. The molecular formula is C35H54O9. The largest absolute Gasteiger partial charge is 0.388 e. The maximum Gasteiger partial charge on any atom is 0.199 e. The first-order valence-corrected chi connectivity index (χ1v) is 17.2. The molecule has 7 fully saturated rings. The molecular weight excluding hydrogens is 564 g/mol. The molecule has 2 bridgehead atoms. The first-order chi connectivity index (χ1) is 20.4. The molecule has 9 heteroatoms. The Morgan fingerprint density at radius 1 is 0.977 bits per heavy atom. The van der Waals surface area contributed by atoms with Gasteiger partial charge in [-0.3, -0.25) is 0 Å². The number of aliphatic hydroxyl groups is 5. The molecule has 5 aliphatic carbocycles. The summed E-state index contributed by atoms with van der Waals surface area (Å²) in [6, 6.07) is 0. The van der Waals surface area contributed by atoms with E-state index in [0.717, 1.165) is 44.9 Å². The summed E-state index contributed by atoms with van der Waals surface area (Å²) in [7, 11) is 0. The van der Waals surface area contributed by atoms with Gasteiger partial charge in [-0.25, -0.2) is 0 Å². The molecule has 8 rings (SSSR count). The average molecular weight is 619 g/mol. The summed E-state index contributed by atoms with van der Waals surface area (Å²) < 4.78 is 25.7. The van der Waals surface area contributed by atoms with Crippen LogP contribution in [0.2, 0.25) is 0 Å². The zero-order chi connectivity index (χ0) is 31.6. The highest BCUT2D eigenvalue weighted by molar-refractivity contribution is 5.48. The Kier molecular flexibility index (Phi) is 6.20. The molecule has 3 saturated heterocycles. The molecule has 0 aromatic carbocycles. The predicted molar refractivity (Wildman–Crippen MR) is 159 cm³/mol. The minimum absolute atomic E-state index is 0.0234. The molecule has 44 heavy (non-hydrogen) atoms. The van der Waals surface area contributed by atoms with Crippen molar-refractivity contribution in [1.82, 2.24) is 0 Å². The summed E-state index contributed by atoms with van der Waals surface area (Å²) in [5.74, 6) is -0.431. The highest BCUT2D eigenvalue weighted by Crippen LogP contribution is 2.89. The Morgan fingerprint density at radius 2 is 1.70 bits per heavy atom. The fourth-order valence-corrected chi connectivity index (χ4v) is 13.1. The maximum atomic E-state index is 12.6. The topological polar surface area (TPSA) is 138 Å². The van der Waals surface area contributed by atoms with Gasteiger partial charge in [-0.2, -0.15) is 0 Å². The molecule has 3 aliphatic heterocycles. The molecule has 5 N–H and O–H groups in total. The third-order valence-corrected chi connectivity index (χ3v) is 15.2. The minimum Gasteiger partial charge on any atom is -0.388 e. The minimum atomic E-state index is -1.30. The zero-order valence-electron chi connectivity index (χ0n) is 27.5. The second kappa shape index (κ2) is 8.88. The monoisotopic (exact) mass is 618 g/mol. The zero-order valence-corrected chi connectivity index (χ0v) is 27.5. The van der Waals surface area contributed by atoms with E-state index in [1.807, 2.05) is 0 Å². The van der Waals surface area contributed by atoms with Gasteiger partial charge in [0.05, 0.1) is 24.4 Å². The summed E-state index contributed by atoms with van der Waals surface area (Å²) in [6.45, 7) is 15.0. The van der Waals surface area contributed by atoms with Crippen LogP contribution < -0.4 is 0 Å². The average Bonchev–Trinajstić information content (AvgIpc) is 3.45. The van der Waals surface area contributed by atoms with Gasteiger partial charge in [0.2, 0.25) is 0 Å². The van der Waals surface area contributed by atoms with Crippen LogP contribution in [0.15, 0.2) is 11.6 Å². The van der Waals surface area contributed by atoms with Gasteiger partial charge in [0.25, 0.3) is 0 Å². The van der Waals surface area contributed by atoms with Crippen LogP contribution >= 0.6 is 0 Å². The Balaban J connectivity index is 1.13. The number of allylic oxidation sites excluding steroid dienone is 1. The van der Waals surface area contributed by atoms with Crippen LogP contribution in [0.4, 0.5) is 0 Å². The van der Waals surface area contributed by atoms with Crippen molar-refractivity contribution < 1.29 is 44.5 Å². The summed E-state index contributed by atoms with van der Waals surface area (Å²) in [5, 5.41) is 54.4. The second-order valence-electron chi connectivity index (χ2n) is 17.8. The van der Waals surface area contributed by atoms with Gasteiger partial charge in [0, 0.05) is 11.3 Å². The Hall–Kier alpha value is -0.620. The maximum absolute atomic E-state index is 12.6. The van der Waals surface area contributed by atoms with Crippen molar-refractivity contribution in [2.24, 2.45) is 44.8 Å². The third kappa shape index (κ3) is 3.33. The molecule has 3 heterocycles. The summed E-state index contributed by atoms with van der Waals surface area (Å²) in [4.78, 5) is 0. The van der Waals surface area contributed by atoms with E-state index in [0.29, 0.717) is 11.8 Å². The van der Waals surface area contributed by atoms with Crippen LogP contribution in [-0.4, -0.2) is 92.5 Å². The van der Waals surface area contributed by atoms with Crippen molar-refractivity contribution in [3.8, 4) is 0 Å². The molecule has 8 aliphatic rings. The van der Waals surface area contributed by atoms with Gasteiger partial charge in [-0.05, 0) is 92.3 Å². The number of hydrogen-bond acceptors (Lipinski definition) is 9. The third-order valence-electron chi connectivity index (χ3n) is 15.2. The molecule has 0 radical (unpaired) electrons. The number of hydrogen-bond donors (Lipinski definition) is 5. The summed E-state index contributed by atoms with van der Waals surface area (Å²) in [6.07, 6.45) is 2.81. The first kappa shape index (κ1) is 30.7. The van der Waals surface area contributed by atoms with Gasteiger partial charge in [-0.15, -0.1) is 0 Å². The van der Waals surface area contributed by atoms with E-state index in [1.54, 1.807) is 13.8 Å². The highest BCUT2D eigenvalue weighted by atomic mass is 16.8. The SMILES string of the molecule is C[C@@H]1C[C@@H]2O[C@]3(O[C@@H]2C(C)(C)O)[C@H]1[C@@]1(C)CC[C@@]24C[C@@]25CC[C@H](O[C@@H]2OC[C@@H](O)[C@H](O)[C@H]2O)C(C)(C)[C@H]5CC=C4[C@]1(C)[C@H]3O. The fraction of sp³-hybridized carbons (Fsp3) is 0.943. The number of fused-ring (bicyclic) bond motifs is 4. The molecule has 4 saturated carbocycles. The Labute approximate surface area is 261 Å². The van der Waals surface area contributed by atoms with E-state index in [9.17, 15) is 25.5 Å². The molecule has 16 atom stereocenters.